The number of carbonyl (C=O) groups is 1. The Morgan fingerprint density at radius 2 is 1.96 bits per heavy atom. The van der Waals surface area contributed by atoms with Crippen LogP contribution in [-0.2, 0) is 0 Å². The summed E-state index contributed by atoms with van der Waals surface area (Å²) in [6.07, 6.45) is 1.81. The second kappa shape index (κ2) is 6.65. The molecule has 1 aliphatic heterocycles. The average molecular weight is 328 g/mol. The highest BCUT2D eigenvalue weighted by Gasteiger charge is 2.27. The minimum absolute atomic E-state index is 0.0273. The van der Waals surface area contributed by atoms with Gasteiger partial charge < -0.3 is 15.0 Å². The first kappa shape index (κ1) is 16.5. The van der Waals surface area contributed by atoms with E-state index in [-0.39, 0.29) is 18.0 Å². The standard InChI is InChI=1S/C18H24N4O2/c1-12-5-6-17(24-4)16(9-12)22-8-7-15(20-22)18(23)21-10-13(2)19-14(3)11-21/h5-9,13-14,19H,10-11H2,1-4H3/t13-,14-/m0/s1. The number of benzene rings is 1. The monoisotopic (exact) mass is 328 g/mol. The highest BCUT2D eigenvalue weighted by atomic mass is 16.5. The van der Waals surface area contributed by atoms with Crippen molar-refractivity contribution in [3.63, 3.8) is 0 Å². The molecular formula is C18H24N4O2. The molecule has 1 N–H and O–H groups in total. The highest BCUT2D eigenvalue weighted by molar-refractivity contribution is 5.92. The van der Waals surface area contributed by atoms with E-state index >= 15 is 0 Å². The van der Waals surface area contributed by atoms with Crippen molar-refractivity contribution in [1.29, 1.82) is 0 Å². The lowest BCUT2D eigenvalue weighted by atomic mass is 10.1. The number of nitrogens with zero attached hydrogens (tertiary/aromatic N) is 3. The number of aryl methyl sites for hydroxylation is 1. The lowest BCUT2D eigenvalue weighted by molar-refractivity contribution is 0.0667. The van der Waals surface area contributed by atoms with Crippen LogP contribution in [0, 0.1) is 6.92 Å². The normalized spacial score (nSPS) is 20.9. The molecule has 1 amide bonds. The Hall–Kier alpha value is -2.34. The number of amides is 1. The van der Waals surface area contributed by atoms with Gasteiger partial charge in [-0.2, -0.15) is 5.10 Å². The van der Waals surface area contributed by atoms with Gasteiger partial charge in [0.2, 0.25) is 0 Å². The zero-order chi connectivity index (χ0) is 17.3. The molecule has 1 saturated heterocycles. The zero-order valence-corrected chi connectivity index (χ0v) is 14.6. The fourth-order valence-electron chi connectivity index (χ4n) is 3.21. The number of piperazine rings is 1. The number of carbonyl (C=O) groups excluding carboxylic acids is 1. The minimum Gasteiger partial charge on any atom is -0.494 e. The molecule has 0 bridgehead atoms. The summed E-state index contributed by atoms with van der Waals surface area (Å²) in [6.45, 7) is 7.59. The quantitative estimate of drug-likeness (QED) is 0.936. The Morgan fingerprint density at radius 1 is 1.25 bits per heavy atom. The van der Waals surface area contributed by atoms with Crippen LogP contribution in [0.4, 0.5) is 0 Å². The second-order valence-corrected chi connectivity index (χ2v) is 6.50. The Morgan fingerprint density at radius 3 is 2.62 bits per heavy atom. The van der Waals surface area contributed by atoms with E-state index < -0.39 is 0 Å². The van der Waals surface area contributed by atoms with E-state index in [1.807, 2.05) is 30.0 Å². The lowest BCUT2D eigenvalue weighted by Gasteiger charge is -2.35. The maximum Gasteiger partial charge on any atom is 0.274 e. The van der Waals surface area contributed by atoms with Crippen LogP contribution < -0.4 is 10.1 Å². The van der Waals surface area contributed by atoms with Crippen molar-refractivity contribution < 1.29 is 9.53 Å². The molecule has 0 spiro atoms. The van der Waals surface area contributed by atoms with Crippen LogP contribution >= 0.6 is 0 Å². The van der Waals surface area contributed by atoms with E-state index in [0.29, 0.717) is 18.8 Å². The van der Waals surface area contributed by atoms with Crippen LogP contribution in [0.1, 0.15) is 29.9 Å². The minimum atomic E-state index is -0.0273. The molecule has 128 valence electrons. The van der Waals surface area contributed by atoms with Gasteiger partial charge in [0.15, 0.2) is 5.69 Å². The summed E-state index contributed by atoms with van der Waals surface area (Å²) in [4.78, 5) is 14.6. The zero-order valence-electron chi connectivity index (χ0n) is 14.6. The molecule has 1 fully saturated rings. The third-order valence-corrected chi connectivity index (χ3v) is 4.23. The number of methoxy groups -OCH3 is 1. The summed E-state index contributed by atoms with van der Waals surface area (Å²) in [5.41, 5.74) is 2.40. The Bertz CT molecular complexity index is 730. The first-order valence-electron chi connectivity index (χ1n) is 8.24. The lowest BCUT2D eigenvalue weighted by Crippen LogP contribution is -2.55. The Balaban J connectivity index is 1.85. The Labute approximate surface area is 142 Å². The summed E-state index contributed by atoms with van der Waals surface area (Å²) in [7, 11) is 1.63. The van der Waals surface area contributed by atoms with Gasteiger partial charge in [0, 0.05) is 31.4 Å². The highest BCUT2D eigenvalue weighted by Crippen LogP contribution is 2.23. The van der Waals surface area contributed by atoms with Crippen molar-refractivity contribution in [2.75, 3.05) is 20.2 Å². The van der Waals surface area contributed by atoms with Gasteiger partial charge in [0.1, 0.15) is 11.4 Å². The fourth-order valence-corrected chi connectivity index (χ4v) is 3.21. The van der Waals surface area contributed by atoms with Crippen molar-refractivity contribution >= 4 is 5.91 Å². The van der Waals surface area contributed by atoms with E-state index in [2.05, 4.69) is 24.3 Å². The molecule has 1 aliphatic rings. The maximum atomic E-state index is 12.7. The third-order valence-electron chi connectivity index (χ3n) is 4.23. The van der Waals surface area contributed by atoms with Crippen LogP contribution in [0.15, 0.2) is 30.5 Å². The SMILES string of the molecule is COc1ccc(C)cc1-n1ccc(C(=O)N2C[C@H](C)N[C@@H](C)C2)n1. The van der Waals surface area contributed by atoms with Gasteiger partial charge in [-0.3, -0.25) is 4.79 Å². The number of hydrogen-bond acceptors (Lipinski definition) is 4. The predicted octanol–water partition coefficient (Wildman–Crippen LogP) is 2.01. The summed E-state index contributed by atoms with van der Waals surface area (Å²) >= 11 is 0. The molecule has 0 unspecified atom stereocenters. The van der Waals surface area contributed by atoms with Gasteiger partial charge in [-0.05, 0) is 44.5 Å². The number of aromatic nitrogens is 2. The van der Waals surface area contributed by atoms with E-state index in [1.54, 1.807) is 24.1 Å². The molecule has 24 heavy (non-hydrogen) atoms. The largest absolute Gasteiger partial charge is 0.494 e. The van der Waals surface area contributed by atoms with E-state index in [0.717, 1.165) is 17.0 Å². The summed E-state index contributed by atoms with van der Waals surface area (Å²) in [5.74, 6) is 0.702. The second-order valence-electron chi connectivity index (χ2n) is 6.50. The van der Waals surface area contributed by atoms with Crippen molar-refractivity contribution in [2.24, 2.45) is 0 Å². The number of rotatable bonds is 3. The molecular weight excluding hydrogens is 304 g/mol. The number of ether oxygens (including phenoxy) is 1. The Kier molecular flexibility index (Phi) is 4.57. The maximum absolute atomic E-state index is 12.7. The van der Waals surface area contributed by atoms with Crippen LogP contribution in [0.5, 0.6) is 5.75 Å². The predicted molar refractivity (Wildman–Crippen MR) is 92.8 cm³/mol. The van der Waals surface area contributed by atoms with Crippen LogP contribution in [0.25, 0.3) is 5.69 Å². The van der Waals surface area contributed by atoms with Gasteiger partial charge in [0.25, 0.3) is 5.91 Å². The van der Waals surface area contributed by atoms with Gasteiger partial charge in [-0.25, -0.2) is 4.68 Å². The van der Waals surface area contributed by atoms with Gasteiger partial charge in [-0.15, -0.1) is 0 Å². The molecule has 0 aliphatic carbocycles. The summed E-state index contributed by atoms with van der Waals surface area (Å²) in [5, 5.41) is 7.91. The van der Waals surface area contributed by atoms with Crippen molar-refractivity contribution in [3.8, 4) is 11.4 Å². The molecule has 2 aromatic rings. The molecule has 2 heterocycles. The first-order chi connectivity index (χ1) is 11.5. The third kappa shape index (κ3) is 3.28. The number of hydrogen-bond donors (Lipinski definition) is 1. The van der Waals surface area contributed by atoms with E-state index in [4.69, 9.17) is 4.74 Å². The molecule has 2 atom stereocenters. The van der Waals surface area contributed by atoms with Crippen LogP contribution in [0.3, 0.4) is 0 Å². The van der Waals surface area contributed by atoms with Crippen LogP contribution in [-0.4, -0.2) is 52.9 Å². The molecule has 3 rings (SSSR count). The van der Waals surface area contributed by atoms with Crippen molar-refractivity contribution in [3.05, 3.63) is 41.7 Å². The molecule has 1 aromatic heterocycles. The number of nitrogens with one attached hydrogen (secondary N) is 1. The summed E-state index contributed by atoms with van der Waals surface area (Å²) < 4.78 is 7.11. The van der Waals surface area contributed by atoms with Crippen LogP contribution in [0.2, 0.25) is 0 Å². The smallest absolute Gasteiger partial charge is 0.274 e. The molecule has 0 saturated carbocycles. The average Bonchev–Trinajstić information content (AvgIpc) is 3.03. The molecule has 6 nitrogen and oxygen atoms in total. The first-order valence-corrected chi connectivity index (χ1v) is 8.24. The van der Waals surface area contributed by atoms with Crippen molar-refractivity contribution in [1.82, 2.24) is 20.0 Å². The fraction of sp³-hybridized carbons (Fsp3) is 0.444. The molecule has 1 aromatic carbocycles. The van der Waals surface area contributed by atoms with Gasteiger partial charge in [-0.1, -0.05) is 6.07 Å². The molecule has 6 heteroatoms. The summed E-state index contributed by atoms with van der Waals surface area (Å²) in [6, 6.07) is 8.24. The van der Waals surface area contributed by atoms with Gasteiger partial charge in [0.05, 0.1) is 7.11 Å². The van der Waals surface area contributed by atoms with E-state index in [9.17, 15) is 4.79 Å². The van der Waals surface area contributed by atoms with Crippen molar-refractivity contribution in [2.45, 2.75) is 32.9 Å². The topological polar surface area (TPSA) is 59.4 Å². The molecule has 0 radical (unpaired) electrons. The van der Waals surface area contributed by atoms with Gasteiger partial charge >= 0.3 is 0 Å². The van der Waals surface area contributed by atoms with E-state index in [1.165, 1.54) is 0 Å².